The Bertz CT molecular complexity index is 348. The Hall–Kier alpha value is -1.68. The van der Waals surface area contributed by atoms with Gasteiger partial charge in [0.05, 0.1) is 6.61 Å². The quantitative estimate of drug-likeness (QED) is 0.727. The van der Waals surface area contributed by atoms with Gasteiger partial charge in [0.1, 0.15) is 0 Å². The molecule has 0 aromatic carbocycles. The third kappa shape index (κ3) is 3.37. The maximum atomic E-state index is 10.4. The fourth-order valence-electron chi connectivity index (χ4n) is 0.996. The van der Waals surface area contributed by atoms with Gasteiger partial charge in [0, 0.05) is 18.8 Å². The van der Waals surface area contributed by atoms with Crippen molar-refractivity contribution in [2.24, 2.45) is 5.73 Å². The molecule has 0 atom stereocenters. The van der Waals surface area contributed by atoms with Crippen LogP contribution in [0.2, 0.25) is 0 Å². The number of aromatic nitrogens is 1. The molecule has 4 heteroatoms. The highest BCUT2D eigenvalue weighted by Gasteiger charge is 1.92. The number of aliphatic hydroxyl groups is 1. The SMILES string of the molecule is NC(=O)CC=Cc1cncc(CO)c1. The zero-order chi connectivity index (χ0) is 10.4. The van der Waals surface area contributed by atoms with Crippen molar-refractivity contribution in [2.75, 3.05) is 0 Å². The van der Waals surface area contributed by atoms with Crippen molar-refractivity contribution in [3.05, 3.63) is 35.7 Å². The van der Waals surface area contributed by atoms with E-state index in [1.807, 2.05) is 0 Å². The number of aliphatic hydroxyl groups excluding tert-OH is 1. The third-order valence-electron chi connectivity index (χ3n) is 1.63. The van der Waals surface area contributed by atoms with Crippen LogP contribution in [0.3, 0.4) is 0 Å². The molecule has 0 spiro atoms. The first-order chi connectivity index (χ1) is 6.72. The lowest BCUT2D eigenvalue weighted by atomic mass is 10.2. The van der Waals surface area contributed by atoms with Gasteiger partial charge in [0.2, 0.25) is 5.91 Å². The van der Waals surface area contributed by atoms with E-state index in [0.717, 1.165) is 11.1 Å². The minimum Gasteiger partial charge on any atom is -0.392 e. The normalized spacial score (nSPS) is 10.6. The molecule has 0 bridgehead atoms. The maximum absolute atomic E-state index is 10.4. The zero-order valence-electron chi connectivity index (χ0n) is 7.68. The molecule has 0 unspecified atom stereocenters. The summed E-state index contributed by atoms with van der Waals surface area (Å²) in [7, 11) is 0. The molecule has 14 heavy (non-hydrogen) atoms. The van der Waals surface area contributed by atoms with E-state index in [-0.39, 0.29) is 18.9 Å². The van der Waals surface area contributed by atoms with Crippen molar-refractivity contribution in [3.8, 4) is 0 Å². The summed E-state index contributed by atoms with van der Waals surface area (Å²) in [4.78, 5) is 14.4. The van der Waals surface area contributed by atoms with E-state index in [1.54, 1.807) is 30.6 Å². The minimum atomic E-state index is -0.368. The van der Waals surface area contributed by atoms with E-state index in [4.69, 9.17) is 10.8 Å². The van der Waals surface area contributed by atoms with Crippen LogP contribution in [0.15, 0.2) is 24.5 Å². The number of hydrogen-bond acceptors (Lipinski definition) is 3. The van der Waals surface area contributed by atoms with Gasteiger partial charge in [-0.05, 0) is 17.2 Å². The Morgan fingerprint density at radius 1 is 1.57 bits per heavy atom. The number of carbonyl (C=O) groups is 1. The van der Waals surface area contributed by atoms with E-state index >= 15 is 0 Å². The van der Waals surface area contributed by atoms with Crippen LogP contribution in [-0.2, 0) is 11.4 Å². The number of primary amides is 1. The van der Waals surface area contributed by atoms with Crippen LogP contribution in [0.1, 0.15) is 17.5 Å². The monoisotopic (exact) mass is 192 g/mol. The van der Waals surface area contributed by atoms with Crippen molar-refractivity contribution >= 4 is 12.0 Å². The highest BCUT2D eigenvalue weighted by molar-refractivity contribution is 5.76. The molecule has 0 aliphatic heterocycles. The molecule has 0 radical (unpaired) electrons. The lowest BCUT2D eigenvalue weighted by Crippen LogP contribution is -2.07. The fourth-order valence-corrected chi connectivity index (χ4v) is 0.996. The molecule has 1 aromatic rings. The van der Waals surface area contributed by atoms with E-state index in [2.05, 4.69) is 4.98 Å². The van der Waals surface area contributed by atoms with Crippen LogP contribution in [-0.4, -0.2) is 16.0 Å². The molecule has 0 aliphatic rings. The second-order valence-corrected chi connectivity index (χ2v) is 2.86. The molecule has 1 amide bonds. The van der Waals surface area contributed by atoms with Crippen molar-refractivity contribution in [3.63, 3.8) is 0 Å². The summed E-state index contributed by atoms with van der Waals surface area (Å²) in [5, 5.41) is 8.84. The van der Waals surface area contributed by atoms with E-state index < -0.39 is 0 Å². The first-order valence-electron chi connectivity index (χ1n) is 4.22. The van der Waals surface area contributed by atoms with Crippen LogP contribution >= 0.6 is 0 Å². The molecule has 4 nitrogen and oxygen atoms in total. The van der Waals surface area contributed by atoms with Crippen LogP contribution in [0, 0.1) is 0 Å². The molecule has 0 saturated heterocycles. The lowest BCUT2D eigenvalue weighted by molar-refractivity contribution is -0.117. The predicted octanol–water partition coefficient (Wildman–Crippen LogP) is 0.462. The first-order valence-corrected chi connectivity index (χ1v) is 4.22. The number of pyridine rings is 1. The van der Waals surface area contributed by atoms with Gasteiger partial charge in [0.15, 0.2) is 0 Å². The summed E-state index contributed by atoms with van der Waals surface area (Å²) in [5.41, 5.74) is 6.55. The molecule has 0 fully saturated rings. The Balaban J connectivity index is 2.66. The predicted molar refractivity (Wildman–Crippen MR) is 53.0 cm³/mol. The summed E-state index contributed by atoms with van der Waals surface area (Å²) in [6.07, 6.45) is 6.86. The Morgan fingerprint density at radius 3 is 3.00 bits per heavy atom. The molecule has 0 aliphatic carbocycles. The summed E-state index contributed by atoms with van der Waals surface area (Å²) in [5.74, 6) is -0.368. The maximum Gasteiger partial charge on any atom is 0.221 e. The van der Waals surface area contributed by atoms with Gasteiger partial charge in [0.25, 0.3) is 0 Å². The van der Waals surface area contributed by atoms with Crippen molar-refractivity contribution < 1.29 is 9.90 Å². The summed E-state index contributed by atoms with van der Waals surface area (Å²) in [6.45, 7) is -0.0372. The standard InChI is InChI=1S/C10H12N2O2/c11-10(14)3-1-2-8-4-9(7-13)6-12-5-8/h1-2,4-6,13H,3,7H2,(H2,11,14). The molecule has 0 saturated carbocycles. The van der Waals surface area contributed by atoms with Gasteiger partial charge in [-0.2, -0.15) is 0 Å². The van der Waals surface area contributed by atoms with Gasteiger partial charge in [-0.3, -0.25) is 9.78 Å². The minimum absolute atomic E-state index is 0.0372. The first kappa shape index (κ1) is 10.4. The molecule has 74 valence electrons. The largest absolute Gasteiger partial charge is 0.392 e. The number of carbonyl (C=O) groups excluding carboxylic acids is 1. The highest BCUT2D eigenvalue weighted by atomic mass is 16.3. The highest BCUT2D eigenvalue weighted by Crippen LogP contribution is 2.04. The van der Waals surface area contributed by atoms with Crippen LogP contribution < -0.4 is 5.73 Å². The van der Waals surface area contributed by atoms with E-state index in [9.17, 15) is 4.79 Å². The van der Waals surface area contributed by atoms with Crippen LogP contribution in [0.5, 0.6) is 0 Å². The number of rotatable bonds is 4. The molecule has 1 rings (SSSR count). The summed E-state index contributed by atoms with van der Waals surface area (Å²) < 4.78 is 0. The summed E-state index contributed by atoms with van der Waals surface area (Å²) >= 11 is 0. The fraction of sp³-hybridized carbons (Fsp3) is 0.200. The van der Waals surface area contributed by atoms with Gasteiger partial charge in [-0.25, -0.2) is 0 Å². The number of nitrogens with two attached hydrogens (primary N) is 1. The average Bonchev–Trinajstić information content (AvgIpc) is 2.18. The van der Waals surface area contributed by atoms with E-state index in [0.29, 0.717) is 0 Å². The smallest absolute Gasteiger partial charge is 0.221 e. The molecule has 1 heterocycles. The second-order valence-electron chi connectivity index (χ2n) is 2.86. The van der Waals surface area contributed by atoms with Gasteiger partial charge in [-0.1, -0.05) is 12.2 Å². The van der Waals surface area contributed by atoms with Gasteiger partial charge < -0.3 is 10.8 Å². The molecular weight excluding hydrogens is 180 g/mol. The third-order valence-corrected chi connectivity index (χ3v) is 1.63. The number of hydrogen-bond donors (Lipinski definition) is 2. The van der Waals surface area contributed by atoms with Gasteiger partial charge >= 0.3 is 0 Å². The second kappa shape index (κ2) is 5.14. The number of amides is 1. The number of nitrogens with zero attached hydrogens (tertiary/aromatic N) is 1. The lowest BCUT2D eigenvalue weighted by Gasteiger charge is -1.96. The van der Waals surface area contributed by atoms with Crippen molar-refractivity contribution in [1.29, 1.82) is 0 Å². The molecule has 3 N–H and O–H groups in total. The van der Waals surface area contributed by atoms with Gasteiger partial charge in [-0.15, -0.1) is 0 Å². The molecular formula is C10H12N2O2. The van der Waals surface area contributed by atoms with E-state index in [1.165, 1.54) is 0 Å². The summed E-state index contributed by atoms with van der Waals surface area (Å²) in [6, 6.07) is 1.80. The zero-order valence-corrected chi connectivity index (χ0v) is 7.68. The topological polar surface area (TPSA) is 76.2 Å². The van der Waals surface area contributed by atoms with Crippen molar-refractivity contribution in [1.82, 2.24) is 4.98 Å². The Morgan fingerprint density at radius 2 is 2.36 bits per heavy atom. The Kier molecular flexibility index (Phi) is 3.82. The van der Waals surface area contributed by atoms with Crippen molar-refractivity contribution in [2.45, 2.75) is 13.0 Å². The Labute approximate surface area is 82.1 Å². The average molecular weight is 192 g/mol. The molecule has 1 aromatic heterocycles. The van der Waals surface area contributed by atoms with Crippen LogP contribution in [0.25, 0.3) is 6.08 Å². The van der Waals surface area contributed by atoms with Crippen LogP contribution in [0.4, 0.5) is 0 Å².